The molecule has 0 bridgehead atoms. The van der Waals surface area contributed by atoms with Crippen molar-refractivity contribution in [1.82, 2.24) is 0 Å². The number of hydrogen-bond donors (Lipinski definition) is 2. The number of nitrogens with two attached hydrogens (primary N) is 1. The fourth-order valence-electron chi connectivity index (χ4n) is 1.06. The van der Waals surface area contributed by atoms with Crippen molar-refractivity contribution in [2.75, 3.05) is 17.0 Å². The molecule has 0 saturated carbocycles. The second-order valence-electron chi connectivity index (χ2n) is 3.19. The van der Waals surface area contributed by atoms with E-state index in [9.17, 15) is 8.42 Å². The number of benzene rings is 1. The van der Waals surface area contributed by atoms with Crippen LogP contribution in [0.3, 0.4) is 0 Å². The van der Waals surface area contributed by atoms with Crippen LogP contribution in [-0.4, -0.2) is 20.7 Å². The Morgan fingerprint density at radius 1 is 1.31 bits per heavy atom. The monoisotopic (exact) mass is 282 g/mol. The third-order valence-electron chi connectivity index (χ3n) is 1.81. The van der Waals surface area contributed by atoms with Crippen LogP contribution in [0.15, 0.2) is 18.2 Å². The zero-order valence-electron chi connectivity index (χ0n) is 8.41. The maximum absolute atomic E-state index is 11.5. The van der Waals surface area contributed by atoms with Crippen LogP contribution in [0.5, 0.6) is 0 Å². The van der Waals surface area contributed by atoms with Gasteiger partial charge in [0.15, 0.2) is 0 Å². The van der Waals surface area contributed by atoms with E-state index in [-0.39, 0.29) is 10.8 Å². The fraction of sp³-hybridized carbons (Fsp3) is 0.333. The average Bonchev–Trinajstić information content (AvgIpc) is 2.19. The minimum absolute atomic E-state index is 0.0253. The van der Waals surface area contributed by atoms with E-state index in [0.717, 1.165) is 0 Å². The van der Waals surface area contributed by atoms with Gasteiger partial charge in [0.2, 0.25) is 10.0 Å². The first kappa shape index (κ1) is 13.6. The van der Waals surface area contributed by atoms with Gasteiger partial charge in [-0.05, 0) is 31.2 Å². The summed E-state index contributed by atoms with van der Waals surface area (Å²) in [4.78, 5) is 0. The summed E-state index contributed by atoms with van der Waals surface area (Å²) in [7, 11) is -3.39. The molecule has 7 heteroatoms. The van der Waals surface area contributed by atoms with Crippen molar-refractivity contribution in [1.29, 1.82) is 0 Å². The highest BCUT2D eigenvalue weighted by molar-refractivity contribution is 7.92. The minimum atomic E-state index is -3.39. The van der Waals surface area contributed by atoms with Gasteiger partial charge in [0.1, 0.15) is 0 Å². The first-order chi connectivity index (χ1) is 7.44. The summed E-state index contributed by atoms with van der Waals surface area (Å²) in [5, 5.41) is 0.721. The van der Waals surface area contributed by atoms with E-state index in [1.54, 1.807) is 6.07 Å². The van der Waals surface area contributed by atoms with Gasteiger partial charge in [0.05, 0.1) is 16.5 Å². The van der Waals surface area contributed by atoms with Gasteiger partial charge < -0.3 is 5.73 Å². The third-order valence-corrected chi connectivity index (χ3v) is 3.72. The van der Waals surface area contributed by atoms with E-state index in [1.807, 2.05) is 0 Å². The highest BCUT2D eigenvalue weighted by atomic mass is 35.5. The molecule has 0 aliphatic carbocycles. The Morgan fingerprint density at radius 2 is 2.00 bits per heavy atom. The highest BCUT2D eigenvalue weighted by Gasteiger charge is 2.11. The Morgan fingerprint density at radius 3 is 2.56 bits per heavy atom. The summed E-state index contributed by atoms with van der Waals surface area (Å²) in [6.07, 6.45) is 0.403. The summed E-state index contributed by atoms with van der Waals surface area (Å²) in [6.45, 7) is 0.329. The van der Waals surface area contributed by atoms with Crippen LogP contribution in [0, 0.1) is 0 Å². The molecular formula is C9H12Cl2N2O2S. The zero-order chi connectivity index (χ0) is 12.2. The molecule has 90 valence electrons. The van der Waals surface area contributed by atoms with Crippen molar-refractivity contribution >= 4 is 38.9 Å². The Balaban J connectivity index is 2.80. The van der Waals surface area contributed by atoms with E-state index in [0.29, 0.717) is 23.7 Å². The molecule has 0 saturated heterocycles. The molecular weight excluding hydrogens is 271 g/mol. The molecule has 0 aromatic heterocycles. The van der Waals surface area contributed by atoms with Crippen LogP contribution in [0.1, 0.15) is 6.42 Å². The fourth-order valence-corrected chi connectivity index (χ4v) is 2.74. The molecule has 0 unspecified atom stereocenters. The van der Waals surface area contributed by atoms with Crippen molar-refractivity contribution in [2.45, 2.75) is 6.42 Å². The second kappa shape index (κ2) is 5.72. The molecule has 0 radical (unpaired) electrons. The van der Waals surface area contributed by atoms with Crippen LogP contribution in [0.4, 0.5) is 5.69 Å². The summed E-state index contributed by atoms with van der Waals surface area (Å²) in [5.41, 5.74) is 5.57. The molecule has 0 aliphatic heterocycles. The van der Waals surface area contributed by atoms with Crippen molar-refractivity contribution in [3.63, 3.8) is 0 Å². The van der Waals surface area contributed by atoms with Gasteiger partial charge in [-0.25, -0.2) is 8.42 Å². The van der Waals surface area contributed by atoms with E-state index in [2.05, 4.69) is 4.72 Å². The standard InChI is InChI=1S/C9H12Cl2N2O2S/c10-7-2-3-9(8(11)6-7)13-16(14,15)5-1-4-12/h2-3,6,13H,1,4-5,12H2. The van der Waals surface area contributed by atoms with E-state index < -0.39 is 10.0 Å². The van der Waals surface area contributed by atoms with Gasteiger partial charge in [-0.3, -0.25) is 4.72 Å². The van der Waals surface area contributed by atoms with Crippen molar-refractivity contribution in [2.24, 2.45) is 5.73 Å². The first-order valence-electron chi connectivity index (χ1n) is 4.60. The molecule has 16 heavy (non-hydrogen) atoms. The number of anilines is 1. The Bertz CT molecular complexity index is 463. The predicted molar refractivity (Wildman–Crippen MR) is 67.5 cm³/mol. The average molecular weight is 283 g/mol. The van der Waals surface area contributed by atoms with Crippen LogP contribution in [0.25, 0.3) is 0 Å². The van der Waals surface area contributed by atoms with E-state index in [1.165, 1.54) is 12.1 Å². The van der Waals surface area contributed by atoms with Crippen LogP contribution in [0.2, 0.25) is 10.0 Å². The quantitative estimate of drug-likeness (QED) is 0.869. The Labute approximate surface area is 105 Å². The first-order valence-corrected chi connectivity index (χ1v) is 7.01. The molecule has 0 spiro atoms. The molecule has 0 fully saturated rings. The van der Waals surface area contributed by atoms with Crippen LogP contribution >= 0.6 is 23.2 Å². The molecule has 3 N–H and O–H groups in total. The van der Waals surface area contributed by atoms with E-state index >= 15 is 0 Å². The number of sulfonamides is 1. The lowest BCUT2D eigenvalue weighted by Crippen LogP contribution is -2.19. The topological polar surface area (TPSA) is 72.2 Å². The number of nitrogens with one attached hydrogen (secondary N) is 1. The van der Waals surface area contributed by atoms with Gasteiger partial charge in [0.25, 0.3) is 0 Å². The SMILES string of the molecule is NCCCS(=O)(=O)Nc1ccc(Cl)cc1Cl. The zero-order valence-corrected chi connectivity index (χ0v) is 10.7. The molecule has 0 aliphatic rings. The molecule has 4 nitrogen and oxygen atoms in total. The van der Waals surface area contributed by atoms with Gasteiger partial charge in [-0.15, -0.1) is 0 Å². The maximum atomic E-state index is 11.5. The smallest absolute Gasteiger partial charge is 0.232 e. The molecule has 1 aromatic carbocycles. The van der Waals surface area contributed by atoms with Gasteiger partial charge in [-0.2, -0.15) is 0 Å². The highest BCUT2D eigenvalue weighted by Crippen LogP contribution is 2.26. The van der Waals surface area contributed by atoms with Gasteiger partial charge in [0, 0.05) is 5.02 Å². The lowest BCUT2D eigenvalue weighted by molar-refractivity contribution is 0.599. The minimum Gasteiger partial charge on any atom is -0.330 e. The van der Waals surface area contributed by atoms with Crippen molar-refractivity contribution in [3.05, 3.63) is 28.2 Å². The summed E-state index contributed by atoms with van der Waals surface area (Å²) in [5.74, 6) is -0.0253. The molecule has 1 aromatic rings. The number of rotatable bonds is 5. The molecule has 1 rings (SSSR count). The van der Waals surface area contributed by atoms with Gasteiger partial charge >= 0.3 is 0 Å². The van der Waals surface area contributed by atoms with Crippen molar-refractivity contribution < 1.29 is 8.42 Å². The number of hydrogen-bond acceptors (Lipinski definition) is 3. The summed E-state index contributed by atoms with van der Waals surface area (Å²) >= 11 is 11.5. The molecule has 0 heterocycles. The number of halogens is 2. The lowest BCUT2D eigenvalue weighted by Gasteiger charge is -2.09. The second-order valence-corrected chi connectivity index (χ2v) is 5.87. The Kier molecular flexibility index (Phi) is 4.86. The largest absolute Gasteiger partial charge is 0.330 e. The predicted octanol–water partition coefficient (Wildman–Crippen LogP) is 2.08. The summed E-state index contributed by atoms with van der Waals surface area (Å²) in [6, 6.07) is 4.56. The van der Waals surface area contributed by atoms with E-state index in [4.69, 9.17) is 28.9 Å². The Hall–Kier alpha value is -0.490. The third kappa shape index (κ3) is 4.17. The van der Waals surface area contributed by atoms with Gasteiger partial charge in [-0.1, -0.05) is 23.2 Å². The van der Waals surface area contributed by atoms with Crippen molar-refractivity contribution in [3.8, 4) is 0 Å². The molecule has 0 atom stereocenters. The lowest BCUT2D eigenvalue weighted by atomic mass is 10.3. The van der Waals surface area contributed by atoms with Crippen LogP contribution < -0.4 is 10.5 Å². The maximum Gasteiger partial charge on any atom is 0.232 e. The molecule has 0 amide bonds. The summed E-state index contributed by atoms with van der Waals surface area (Å²) < 4.78 is 25.5. The van der Waals surface area contributed by atoms with Crippen LogP contribution in [-0.2, 0) is 10.0 Å². The normalized spacial score (nSPS) is 11.4.